The van der Waals surface area contributed by atoms with Gasteiger partial charge in [0.15, 0.2) is 11.8 Å². The molecule has 0 spiro atoms. The number of fused-ring (bicyclic) bond motifs is 1. The molecule has 0 bridgehead atoms. The van der Waals surface area contributed by atoms with Gasteiger partial charge in [-0.15, -0.1) is 0 Å². The SMILES string of the molecule is COc1ccc([C@@H]2C[C@H]2C(=O)O[C@H](C)c2nc3ncc(Br)cc3[nH]2)cc1. The minimum absolute atomic E-state index is 0.0949. The number of benzene rings is 1. The number of pyridine rings is 1. The Bertz CT molecular complexity index is 954. The van der Waals surface area contributed by atoms with Crippen LogP contribution in [0.1, 0.15) is 36.8 Å². The Hall–Kier alpha value is -2.41. The van der Waals surface area contributed by atoms with Gasteiger partial charge in [0.1, 0.15) is 11.6 Å². The maximum absolute atomic E-state index is 12.5. The predicted octanol–water partition coefficient (Wildman–Crippen LogP) is 4.14. The lowest BCUT2D eigenvalue weighted by molar-refractivity contribution is -0.150. The molecule has 134 valence electrons. The molecule has 4 rings (SSSR count). The Balaban J connectivity index is 1.41. The van der Waals surface area contributed by atoms with Gasteiger partial charge in [-0.25, -0.2) is 9.97 Å². The number of nitrogens with one attached hydrogen (secondary N) is 1. The summed E-state index contributed by atoms with van der Waals surface area (Å²) in [6.07, 6.45) is 2.05. The van der Waals surface area contributed by atoms with Crippen molar-refractivity contribution >= 4 is 33.1 Å². The number of imidazole rings is 1. The molecule has 2 heterocycles. The molecule has 0 amide bonds. The quantitative estimate of drug-likeness (QED) is 0.633. The number of rotatable bonds is 5. The van der Waals surface area contributed by atoms with Crippen molar-refractivity contribution in [3.05, 3.63) is 52.4 Å². The first-order valence-corrected chi connectivity index (χ1v) is 9.20. The molecule has 1 saturated carbocycles. The molecule has 1 aliphatic rings. The molecule has 3 aromatic rings. The highest BCUT2D eigenvalue weighted by molar-refractivity contribution is 9.10. The molecule has 1 N–H and O–H groups in total. The number of nitrogens with zero attached hydrogens (tertiary/aromatic N) is 2. The second-order valence-electron chi connectivity index (χ2n) is 6.45. The molecule has 2 aromatic heterocycles. The van der Waals surface area contributed by atoms with Crippen LogP contribution in [-0.2, 0) is 9.53 Å². The van der Waals surface area contributed by atoms with Gasteiger partial charge in [-0.3, -0.25) is 4.79 Å². The van der Waals surface area contributed by atoms with Crippen molar-refractivity contribution in [2.24, 2.45) is 5.92 Å². The molecular formula is C19H18BrN3O3. The summed E-state index contributed by atoms with van der Waals surface area (Å²) in [5, 5.41) is 0. The van der Waals surface area contributed by atoms with E-state index in [2.05, 4.69) is 30.9 Å². The molecule has 6 nitrogen and oxygen atoms in total. The zero-order chi connectivity index (χ0) is 18.3. The van der Waals surface area contributed by atoms with E-state index >= 15 is 0 Å². The molecule has 7 heteroatoms. The van der Waals surface area contributed by atoms with Gasteiger partial charge in [0, 0.05) is 10.7 Å². The molecule has 1 aliphatic carbocycles. The van der Waals surface area contributed by atoms with E-state index in [4.69, 9.17) is 9.47 Å². The molecule has 1 fully saturated rings. The minimum Gasteiger partial charge on any atom is -0.497 e. The van der Waals surface area contributed by atoms with Crippen molar-refractivity contribution in [2.45, 2.75) is 25.4 Å². The van der Waals surface area contributed by atoms with Crippen molar-refractivity contribution in [3.8, 4) is 5.75 Å². The van der Waals surface area contributed by atoms with E-state index in [1.54, 1.807) is 13.3 Å². The summed E-state index contributed by atoms with van der Waals surface area (Å²) in [5.74, 6) is 1.34. The Kier molecular flexibility index (Phi) is 4.40. The van der Waals surface area contributed by atoms with Crippen molar-refractivity contribution < 1.29 is 14.3 Å². The Morgan fingerprint density at radius 1 is 1.35 bits per heavy atom. The normalized spacial score (nSPS) is 20.0. The molecule has 0 unspecified atom stereocenters. The van der Waals surface area contributed by atoms with Crippen molar-refractivity contribution in [1.29, 1.82) is 0 Å². The van der Waals surface area contributed by atoms with E-state index in [1.807, 2.05) is 37.3 Å². The summed E-state index contributed by atoms with van der Waals surface area (Å²) in [6.45, 7) is 1.81. The maximum atomic E-state index is 12.5. The number of ether oxygens (including phenoxy) is 2. The number of methoxy groups -OCH3 is 1. The highest BCUT2D eigenvalue weighted by Gasteiger charge is 2.45. The lowest BCUT2D eigenvalue weighted by Crippen LogP contribution is -2.12. The second-order valence-corrected chi connectivity index (χ2v) is 7.36. The summed E-state index contributed by atoms with van der Waals surface area (Å²) in [4.78, 5) is 24.3. The van der Waals surface area contributed by atoms with Gasteiger partial charge >= 0.3 is 5.97 Å². The number of aromatic amines is 1. The van der Waals surface area contributed by atoms with Gasteiger partial charge in [-0.05, 0) is 59.0 Å². The Morgan fingerprint density at radius 3 is 2.85 bits per heavy atom. The van der Waals surface area contributed by atoms with Gasteiger partial charge in [-0.2, -0.15) is 0 Å². The van der Waals surface area contributed by atoms with Gasteiger partial charge in [-0.1, -0.05) is 12.1 Å². The lowest BCUT2D eigenvalue weighted by atomic mass is 10.1. The molecule has 26 heavy (non-hydrogen) atoms. The highest BCUT2D eigenvalue weighted by atomic mass is 79.9. The number of hydrogen-bond donors (Lipinski definition) is 1. The summed E-state index contributed by atoms with van der Waals surface area (Å²) < 4.78 is 11.7. The van der Waals surface area contributed by atoms with Gasteiger partial charge in [0.05, 0.1) is 18.5 Å². The van der Waals surface area contributed by atoms with Gasteiger partial charge in [0.25, 0.3) is 0 Å². The third-order valence-electron chi connectivity index (χ3n) is 4.64. The second kappa shape index (κ2) is 6.72. The molecule has 0 aliphatic heterocycles. The van der Waals surface area contributed by atoms with E-state index in [0.29, 0.717) is 11.5 Å². The van der Waals surface area contributed by atoms with Crippen LogP contribution in [-0.4, -0.2) is 28.0 Å². The van der Waals surface area contributed by atoms with E-state index in [1.165, 1.54) is 0 Å². The molecule has 0 saturated heterocycles. The van der Waals surface area contributed by atoms with Crippen LogP contribution in [0.3, 0.4) is 0 Å². The molecule has 0 radical (unpaired) electrons. The van der Waals surface area contributed by atoms with Crippen LogP contribution in [0.4, 0.5) is 0 Å². The number of aromatic nitrogens is 3. The fraction of sp³-hybridized carbons (Fsp3) is 0.316. The number of hydrogen-bond acceptors (Lipinski definition) is 5. The van der Waals surface area contributed by atoms with E-state index < -0.39 is 6.10 Å². The first kappa shape index (κ1) is 17.0. The standard InChI is InChI=1S/C19H18BrN3O3/c1-10(17-22-16-7-12(20)9-21-18(16)23-17)26-19(24)15-8-14(15)11-3-5-13(25-2)6-4-11/h3-7,9-10,14-15H,8H2,1-2H3,(H,21,22,23)/t10-,14+,15-/m1/s1. The van der Waals surface area contributed by atoms with Crippen molar-refractivity contribution in [2.75, 3.05) is 7.11 Å². The summed E-state index contributed by atoms with van der Waals surface area (Å²) in [7, 11) is 1.64. The topological polar surface area (TPSA) is 77.1 Å². The van der Waals surface area contributed by atoms with Crippen LogP contribution >= 0.6 is 15.9 Å². The summed E-state index contributed by atoms with van der Waals surface area (Å²) in [5.41, 5.74) is 2.55. The third kappa shape index (κ3) is 3.31. The molecule has 1 aromatic carbocycles. The smallest absolute Gasteiger partial charge is 0.310 e. The van der Waals surface area contributed by atoms with Crippen molar-refractivity contribution in [3.63, 3.8) is 0 Å². The number of carbonyl (C=O) groups is 1. The summed E-state index contributed by atoms with van der Waals surface area (Å²) >= 11 is 3.38. The van der Waals surface area contributed by atoms with Crippen molar-refractivity contribution in [1.82, 2.24) is 15.0 Å². The maximum Gasteiger partial charge on any atom is 0.310 e. The lowest BCUT2D eigenvalue weighted by Gasteiger charge is -2.10. The van der Waals surface area contributed by atoms with Crippen LogP contribution in [0.15, 0.2) is 41.0 Å². The monoisotopic (exact) mass is 415 g/mol. The first-order valence-electron chi connectivity index (χ1n) is 8.40. The third-order valence-corrected chi connectivity index (χ3v) is 5.07. The number of H-pyrrole nitrogens is 1. The molecule has 3 atom stereocenters. The van der Waals surface area contributed by atoms with E-state index in [9.17, 15) is 4.79 Å². The van der Waals surface area contributed by atoms with Crippen LogP contribution < -0.4 is 4.74 Å². The molecular weight excluding hydrogens is 398 g/mol. The zero-order valence-electron chi connectivity index (χ0n) is 14.4. The largest absolute Gasteiger partial charge is 0.497 e. The van der Waals surface area contributed by atoms with Crippen LogP contribution in [0.5, 0.6) is 5.75 Å². The predicted molar refractivity (Wildman–Crippen MR) is 99.9 cm³/mol. The van der Waals surface area contributed by atoms with Gasteiger partial charge < -0.3 is 14.5 Å². The Labute approximate surface area is 159 Å². The number of halogens is 1. The highest BCUT2D eigenvalue weighted by Crippen LogP contribution is 2.48. The van der Waals surface area contributed by atoms with Crippen LogP contribution in [0, 0.1) is 5.92 Å². The van der Waals surface area contributed by atoms with Gasteiger partial charge in [0.2, 0.25) is 0 Å². The Morgan fingerprint density at radius 2 is 2.12 bits per heavy atom. The summed E-state index contributed by atoms with van der Waals surface area (Å²) in [6, 6.07) is 9.73. The number of carbonyl (C=O) groups excluding carboxylic acids is 1. The first-order chi connectivity index (χ1) is 12.5. The van der Waals surface area contributed by atoms with Crippen LogP contribution in [0.2, 0.25) is 0 Å². The zero-order valence-corrected chi connectivity index (χ0v) is 16.0. The average Bonchev–Trinajstić information content (AvgIpc) is 3.34. The minimum atomic E-state index is -0.451. The van der Waals surface area contributed by atoms with E-state index in [-0.39, 0.29) is 17.8 Å². The fourth-order valence-electron chi connectivity index (χ4n) is 3.08. The average molecular weight is 416 g/mol. The van der Waals surface area contributed by atoms with E-state index in [0.717, 1.165) is 27.7 Å². The number of esters is 1. The van der Waals surface area contributed by atoms with Crippen LogP contribution in [0.25, 0.3) is 11.2 Å². The fourth-order valence-corrected chi connectivity index (χ4v) is 3.41.